The van der Waals surface area contributed by atoms with E-state index in [9.17, 15) is 9.59 Å². The van der Waals surface area contributed by atoms with Gasteiger partial charge in [0.1, 0.15) is 0 Å². The Morgan fingerprint density at radius 2 is 1.64 bits per heavy atom. The van der Waals surface area contributed by atoms with Gasteiger partial charge in [0.2, 0.25) is 11.8 Å². The third kappa shape index (κ3) is 4.61. The molecule has 0 aliphatic rings. The molecule has 4 N–H and O–H groups in total. The highest BCUT2D eigenvalue weighted by Crippen LogP contribution is 2.17. The van der Waals surface area contributed by atoms with Crippen LogP contribution in [0.5, 0.6) is 0 Å². The summed E-state index contributed by atoms with van der Waals surface area (Å²) in [6, 6.07) is 0. The largest absolute Gasteiger partial charge is 0.370 e. The molecule has 0 spiro atoms. The van der Waals surface area contributed by atoms with Crippen LogP contribution in [0.25, 0.3) is 0 Å². The van der Waals surface area contributed by atoms with Crippen LogP contribution in [-0.4, -0.2) is 11.8 Å². The maximum Gasteiger partial charge on any atom is 0.223 e. The molecule has 0 atom stereocenters. The molecule has 0 unspecified atom stereocenters. The molecular formula is C6H13ClN2O2. The lowest BCUT2D eigenvalue weighted by Crippen LogP contribution is -2.35. The molecule has 0 rings (SSSR count). The summed E-state index contributed by atoms with van der Waals surface area (Å²) in [5.41, 5.74) is 9.03. The standard InChI is InChI=1S/C6H12N2O2.ClH/c1-6(2,5(8)10)3-4(7)9;/h3H2,1-2H3,(H2,7,9)(H2,8,10);1H. The molecule has 0 saturated carbocycles. The molecule has 0 heterocycles. The summed E-state index contributed by atoms with van der Waals surface area (Å²) in [7, 11) is 0. The van der Waals surface area contributed by atoms with Crippen molar-refractivity contribution in [2.24, 2.45) is 16.9 Å². The van der Waals surface area contributed by atoms with E-state index in [0.29, 0.717) is 0 Å². The number of amides is 2. The van der Waals surface area contributed by atoms with Gasteiger partial charge in [-0.1, -0.05) is 13.8 Å². The molecule has 2 amide bonds. The first-order chi connectivity index (χ1) is 4.36. The Hall–Kier alpha value is -0.770. The van der Waals surface area contributed by atoms with Crippen molar-refractivity contribution in [1.29, 1.82) is 0 Å². The monoisotopic (exact) mass is 180 g/mol. The number of carbonyl (C=O) groups excluding carboxylic acids is 2. The van der Waals surface area contributed by atoms with E-state index in [2.05, 4.69) is 0 Å². The summed E-state index contributed by atoms with van der Waals surface area (Å²) in [5.74, 6) is -1.02. The molecule has 0 aromatic rings. The Balaban J connectivity index is 0. The molecule has 0 radical (unpaired) electrons. The minimum absolute atomic E-state index is 0. The highest BCUT2D eigenvalue weighted by molar-refractivity contribution is 5.86. The lowest BCUT2D eigenvalue weighted by Gasteiger charge is -2.17. The van der Waals surface area contributed by atoms with Crippen LogP contribution >= 0.6 is 12.4 Å². The average Bonchev–Trinajstić information content (AvgIpc) is 1.60. The van der Waals surface area contributed by atoms with Crippen LogP contribution in [0, 0.1) is 5.41 Å². The van der Waals surface area contributed by atoms with E-state index in [1.165, 1.54) is 0 Å². The highest BCUT2D eigenvalue weighted by Gasteiger charge is 2.26. The van der Waals surface area contributed by atoms with Crippen molar-refractivity contribution in [3.63, 3.8) is 0 Å². The van der Waals surface area contributed by atoms with Crippen LogP contribution in [-0.2, 0) is 9.59 Å². The zero-order chi connectivity index (χ0) is 8.36. The van der Waals surface area contributed by atoms with Crippen molar-refractivity contribution in [1.82, 2.24) is 0 Å². The van der Waals surface area contributed by atoms with Crippen LogP contribution in [0.4, 0.5) is 0 Å². The smallest absolute Gasteiger partial charge is 0.223 e. The summed E-state index contributed by atoms with van der Waals surface area (Å²) in [6.07, 6.45) is 0.00231. The minimum Gasteiger partial charge on any atom is -0.370 e. The molecule has 11 heavy (non-hydrogen) atoms. The fourth-order valence-electron chi connectivity index (χ4n) is 0.523. The van der Waals surface area contributed by atoms with Gasteiger partial charge in [-0.3, -0.25) is 9.59 Å². The van der Waals surface area contributed by atoms with E-state index in [4.69, 9.17) is 11.5 Å². The second-order valence-corrected chi connectivity index (χ2v) is 2.89. The third-order valence-electron chi connectivity index (χ3n) is 1.28. The molecular weight excluding hydrogens is 168 g/mol. The molecule has 0 fully saturated rings. The van der Waals surface area contributed by atoms with Gasteiger partial charge in [0, 0.05) is 6.42 Å². The van der Waals surface area contributed by atoms with Gasteiger partial charge in [-0.05, 0) is 0 Å². The number of primary amides is 2. The van der Waals surface area contributed by atoms with Crippen LogP contribution in [0.2, 0.25) is 0 Å². The molecule has 66 valence electrons. The number of carbonyl (C=O) groups is 2. The minimum atomic E-state index is -0.814. The summed E-state index contributed by atoms with van der Waals surface area (Å²) in [4.78, 5) is 20.9. The molecule has 0 aliphatic heterocycles. The zero-order valence-electron chi connectivity index (χ0n) is 6.59. The topological polar surface area (TPSA) is 86.2 Å². The van der Waals surface area contributed by atoms with Gasteiger partial charge in [-0.15, -0.1) is 12.4 Å². The van der Waals surface area contributed by atoms with E-state index in [1.807, 2.05) is 0 Å². The van der Waals surface area contributed by atoms with Crippen molar-refractivity contribution in [3.8, 4) is 0 Å². The number of nitrogens with two attached hydrogens (primary N) is 2. The highest BCUT2D eigenvalue weighted by atomic mass is 35.5. The Morgan fingerprint density at radius 3 is 1.73 bits per heavy atom. The van der Waals surface area contributed by atoms with Crippen LogP contribution in [0.1, 0.15) is 20.3 Å². The second kappa shape index (κ2) is 4.18. The van der Waals surface area contributed by atoms with E-state index < -0.39 is 17.2 Å². The van der Waals surface area contributed by atoms with Crippen LogP contribution < -0.4 is 11.5 Å². The van der Waals surface area contributed by atoms with Crippen molar-refractivity contribution >= 4 is 24.2 Å². The van der Waals surface area contributed by atoms with Gasteiger partial charge in [-0.25, -0.2) is 0 Å². The average molecular weight is 181 g/mol. The fourth-order valence-corrected chi connectivity index (χ4v) is 0.523. The summed E-state index contributed by atoms with van der Waals surface area (Å²) in [6.45, 7) is 3.17. The van der Waals surface area contributed by atoms with Gasteiger partial charge in [0.25, 0.3) is 0 Å². The van der Waals surface area contributed by atoms with E-state index in [1.54, 1.807) is 13.8 Å². The first-order valence-electron chi connectivity index (χ1n) is 2.94. The number of hydrogen-bond acceptors (Lipinski definition) is 2. The van der Waals surface area contributed by atoms with Crippen molar-refractivity contribution in [2.75, 3.05) is 0 Å². The number of halogens is 1. The first kappa shape index (κ1) is 12.9. The van der Waals surface area contributed by atoms with E-state index in [-0.39, 0.29) is 18.8 Å². The number of hydrogen-bond donors (Lipinski definition) is 2. The molecule has 4 nitrogen and oxygen atoms in total. The predicted molar refractivity (Wildman–Crippen MR) is 44.0 cm³/mol. The fraction of sp³-hybridized carbons (Fsp3) is 0.667. The van der Waals surface area contributed by atoms with E-state index >= 15 is 0 Å². The molecule has 0 saturated heterocycles. The van der Waals surface area contributed by atoms with Gasteiger partial charge in [-0.2, -0.15) is 0 Å². The first-order valence-corrected chi connectivity index (χ1v) is 2.94. The SMILES string of the molecule is CC(C)(CC(N)=O)C(N)=O.Cl. The normalized spacial score (nSPS) is 10.0. The third-order valence-corrected chi connectivity index (χ3v) is 1.28. The van der Waals surface area contributed by atoms with E-state index in [0.717, 1.165) is 0 Å². The lowest BCUT2D eigenvalue weighted by molar-refractivity contribution is -0.131. The van der Waals surface area contributed by atoms with Crippen LogP contribution in [0.15, 0.2) is 0 Å². The zero-order valence-corrected chi connectivity index (χ0v) is 7.40. The van der Waals surface area contributed by atoms with Gasteiger partial charge < -0.3 is 11.5 Å². The van der Waals surface area contributed by atoms with Gasteiger partial charge in [0.15, 0.2) is 0 Å². The Morgan fingerprint density at radius 1 is 1.27 bits per heavy atom. The summed E-state index contributed by atoms with van der Waals surface area (Å²) >= 11 is 0. The predicted octanol–water partition coefficient (Wildman–Crippen LogP) is -0.205. The molecule has 5 heteroatoms. The molecule has 0 aliphatic carbocycles. The van der Waals surface area contributed by atoms with Crippen LogP contribution in [0.3, 0.4) is 0 Å². The molecule has 0 bridgehead atoms. The van der Waals surface area contributed by atoms with Crippen molar-refractivity contribution in [2.45, 2.75) is 20.3 Å². The number of rotatable bonds is 3. The van der Waals surface area contributed by atoms with Gasteiger partial charge in [0.05, 0.1) is 5.41 Å². The van der Waals surface area contributed by atoms with Crippen molar-refractivity contribution < 1.29 is 9.59 Å². The maximum atomic E-state index is 10.6. The Kier molecular flexibility index (Phi) is 4.89. The quantitative estimate of drug-likeness (QED) is 0.630. The Labute approximate surface area is 71.7 Å². The molecule has 0 aromatic heterocycles. The Bertz CT molecular complexity index is 168. The summed E-state index contributed by atoms with van der Waals surface area (Å²) in [5, 5.41) is 0. The van der Waals surface area contributed by atoms with Crippen molar-refractivity contribution in [3.05, 3.63) is 0 Å². The maximum absolute atomic E-state index is 10.6. The second-order valence-electron chi connectivity index (χ2n) is 2.89. The molecule has 0 aromatic carbocycles. The lowest BCUT2D eigenvalue weighted by atomic mass is 9.88. The van der Waals surface area contributed by atoms with Gasteiger partial charge >= 0.3 is 0 Å². The summed E-state index contributed by atoms with van der Waals surface area (Å²) < 4.78 is 0.